The standard InChI is InChI=1S/C8H12.C5H2F6O2.Ag/c1-2-4-6-8-7-5-3-1;6-4(7,8)2(12)1-3(13)5(9,10)11;/h1-2,7-8H,3-6H2;1,12H;/b2-1-,8-7-;2-1+;. The predicted octanol–water partition coefficient (Wildman–Crippen LogP) is 4.79. The monoisotopic (exact) mass is 423 g/mol. The quantitative estimate of drug-likeness (QED) is 0.216. The summed E-state index contributed by atoms with van der Waals surface area (Å²) >= 11 is 0. The molecule has 9 heteroatoms. The molecule has 0 atom stereocenters. The Morgan fingerprint density at radius 3 is 1.36 bits per heavy atom. The number of rotatable bonds is 1. The van der Waals surface area contributed by atoms with E-state index in [4.69, 9.17) is 5.11 Å². The molecule has 22 heavy (non-hydrogen) atoms. The van der Waals surface area contributed by atoms with E-state index in [0.717, 1.165) is 0 Å². The minimum atomic E-state index is -5.42. The van der Waals surface area contributed by atoms with Gasteiger partial charge in [-0.05, 0) is 25.7 Å². The van der Waals surface area contributed by atoms with Crippen LogP contribution in [0.25, 0.3) is 0 Å². The molecular formula is C13H14AgF6O2. The second-order valence-corrected chi connectivity index (χ2v) is 3.99. The van der Waals surface area contributed by atoms with Crippen molar-refractivity contribution in [3.8, 4) is 0 Å². The van der Waals surface area contributed by atoms with Gasteiger partial charge in [0.15, 0.2) is 0 Å². The van der Waals surface area contributed by atoms with Crippen molar-refractivity contribution in [1.29, 1.82) is 0 Å². The first-order valence-corrected chi connectivity index (χ1v) is 5.94. The number of hydrogen-bond acceptors (Lipinski definition) is 2. The van der Waals surface area contributed by atoms with Crippen LogP contribution in [-0.2, 0) is 27.2 Å². The van der Waals surface area contributed by atoms with Crippen LogP contribution in [0.3, 0.4) is 0 Å². The molecule has 1 radical (unpaired) electrons. The molecule has 1 aliphatic rings. The molecule has 0 fully saturated rings. The van der Waals surface area contributed by atoms with Crippen molar-refractivity contribution in [2.24, 2.45) is 0 Å². The maximum absolute atomic E-state index is 11.4. The van der Waals surface area contributed by atoms with Crippen molar-refractivity contribution in [2.75, 3.05) is 0 Å². The number of carbonyl (C=O) groups is 1. The van der Waals surface area contributed by atoms with E-state index in [0.29, 0.717) is 0 Å². The van der Waals surface area contributed by atoms with Gasteiger partial charge >= 0.3 is 12.4 Å². The van der Waals surface area contributed by atoms with E-state index in [1.165, 1.54) is 25.7 Å². The molecular weight excluding hydrogens is 410 g/mol. The molecule has 0 spiro atoms. The van der Waals surface area contributed by atoms with E-state index in [-0.39, 0.29) is 22.4 Å². The van der Waals surface area contributed by atoms with Gasteiger partial charge in [0.1, 0.15) is 0 Å². The second kappa shape index (κ2) is 10.7. The molecule has 1 aliphatic carbocycles. The molecule has 1 N–H and O–H groups in total. The van der Waals surface area contributed by atoms with E-state index in [2.05, 4.69) is 24.3 Å². The smallest absolute Gasteiger partial charge is 0.454 e. The van der Waals surface area contributed by atoms with Crippen LogP contribution in [-0.4, -0.2) is 23.2 Å². The Balaban J connectivity index is 0. The number of carbonyl (C=O) groups excluding carboxylic acids is 1. The molecule has 2 nitrogen and oxygen atoms in total. The van der Waals surface area contributed by atoms with Gasteiger partial charge in [0, 0.05) is 28.5 Å². The number of halogens is 6. The number of allylic oxidation sites excluding steroid dienone is 6. The first-order chi connectivity index (χ1) is 9.55. The fraction of sp³-hybridized carbons (Fsp3) is 0.462. The van der Waals surface area contributed by atoms with Crippen molar-refractivity contribution in [2.45, 2.75) is 38.0 Å². The summed E-state index contributed by atoms with van der Waals surface area (Å²) in [5.74, 6) is -5.34. The van der Waals surface area contributed by atoms with Crippen LogP contribution in [0, 0.1) is 0 Å². The maximum atomic E-state index is 11.4. The van der Waals surface area contributed by atoms with Crippen molar-refractivity contribution in [3.63, 3.8) is 0 Å². The molecule has 0 heterocycles. The van der Waals surface area contributed by atoms with Gasteiger partial charge in [-0.3, -0.25) is 4.79 Å². The Kier molecular flexibility index (Phi) is 11.3. The van der Waals surface area contributed by atoms with Crippen LogP contribution in [0.15, 0.2) is 36.1 Å². The average Bonchev–Trinajstić information content (AvgIpc) is 2.25. The molecule has 0 aliphatic heterocycles. The number of alkyl halides is 6. The zero-order chi connectivity index (χ0) is 16.5. The van der Waals surface area contributed by atoms with Gasteiger partial charge in [0.2, 0.25) is 5.76 Å². The summed E-state index contributed by atoms with van der Waals surface area (Å²) in [6.07, 6.45) is 2.32. The summed E-state index contributed by atoms with van der Waals surface area (Å²) in [6.45, 7) is 0. The summed E-state index contributed by atoms with van der Waals surface area (Å²) in [5, 5.41) is 7.93. The Labute approximate surface area is 139 Å². The van der Waals surface area contributed by atoms with Crippen LogP contribution >= 0.6 is 0 Å². The minimum Gasteiger partial charge on any atom is -0.504 e. The fourth-order valence-electron chi connectivity index (χ4n) is 1.14. The summed E-state index contributed by atoms with van der Waals surface area (Å²) in [5.41, 5.74) is 0. The van der Waals surface area contributed by atoms with E-state index >= 15 is 0 Å². The van der Waals surface area contributed by atoms with Crippen molar-refractivity contribution in [1.82, 2.24) is 0 Å². The van der Waals surface area contributed by atoms with Gasteiger partial charge in [0.25, 0.3) is 5.78 Å². The Bertz CT molecular complexity index is 395. The van der Waals surface area contributed by atoms with Crippen LogP contribution in [0.1, 0.15) is 25.7 Å². The van der Waals surface area contributed by atoms with Crippen LogP contribution < -0.4 is 0 Å². The predicted molar refractivity (Wildman–Crippen MR) is 64.6 cm³/mol. The summed E-state index contributed by atoms with van der Waals surface area (Å²) in [7, 11) is 0. The number of aliphatic hydroxyl groups is 1. The van der Waals surface area contributed by atoms with Crippen molar-refractivity contribution < 1.29 is 58.6 Å². The molecule has 0 aromatic rings. The van der Waals surface area contributed by atoms with Gasteiger partial charge < -0.3 is 5.11 Å². The topological polar surface area (TPSA) is 37.3 Å². The van der Waals surface area contributed by atoms with Gasteiger partial charge in [-0.2, -0.15) is 26.3 Å². The van der Waals surface area contributed by atoms with Gasteiger partial charge in [0.05, 0.1) is 0 Å². The normalized spacial score (nSPS) is 18.7. The molecule has 0 aromatic heterocycles. The van der Waals surface area contributed by atoms with E-state index < -0.39 is 30.0 Å². The fourth-order valence-corrected chi connectivity index (χ4v) is 1.14. The van der Waals surface area contributed by atoms with Gasteiger partial charge in [-0.15, -0.1) is 0 Å². The number of aliphatic hydroxyl groups excluding tert-OH is 1. The summed E-state index contributed by atoms with van der Waals surface area (Å²) in [6, 6.07) is 0. The summed E-state index contributed by atoms with van der Waals surface area (Å²) < 4.78 is 68.1. The van der Waals surface area contributed by atoms with Crippen LogP contribution in [0.4, 0.5) is 26.3 Å². The van der Waals surface area contributed by atoms with Gasteiger partial charge in [-0.25, -0.2) is 0 Å². The van der Waals surface area contributed by atoms with Crippen LogP contribution in [0.2, 0.25) is 0 Å². The molecule has 131 valence electrons. The van der Waals surface area contributed by atoms with Gasteiger partial charge in [-0.1, -0.05) is 24.3 Å². The SMILES string of the molecule is C1=C\CC/C=C\CC/1.O=C(/C=C(/O)C(F)(F)F)C(F)(F)F.[Ag]. The van der Waals surface area contributed by atoms with E-state index in [1.54, 1.807) is 0 Å². The third-order valence-corrected chi connectivity index (χ3v) is 2.17. The minimum absolute atomic E-state index is 0. The second-order valence-electron chi connectivity index (χ2n) is 3.99. The zero-order valence-corrected chi connectivity index (χ0v) is 12.6. The molecule has 0 amide bonds. The molecule has 0 saturated heterocycles. The van der Waals surface area contributed by atoms with Crippen LogP contribution in [0.5, 0.6) is 0 Å². The Hall–Kier alpha value is -0.990. The Morgan fingerprint density at radius 1 is 0.818 bits per heavy atom. The van der Waals surface area contributed by atoms with Crippen molar-refractivity contribution >= 4 is 5.78 Å². The van der Waals surface area contributed by atoms with Crippen molar-refractivity contribution in [3.05, 3.63) is 36.1 Å². The first-order valence-electron chi connectivity index (χ1n) is 5.94. The maximum Gasteiger partial charge on any atom is 0.454 e. The number of ketones is 1. The Morgan fingerprint density at radius 2 is 1.14 bits per heavy atom. The third kappa shape index (κ3) is 11.6. The molecule has 0 unspecified atom stereocenters. The first kappa shape index (κ1) is 23.3. The third-order valence-electron chi connectivity index (χ3n) is 2.17. The molecule has 0 bridgehead atoms. The molecule has 0 aromatic carbocycles. The zero-order valence-electron chi connectivity index (χ0n) is 11.1. The van der Waals surface area contributed by atoms with E-state index in [1.807, 2.05) is 0 Å². The average molecular weight is 424 g/mol. The number of hydrogen-bond donors (Lipinski definition) is 1. The molecule has 0 saturated carbocycles. The molecule has 1 rings (SSSR count). The van der Waals surface area contributed by atoms with E-state index in [9.17, 15) is 31.1 Å². The largest absolute Gasteiger partial charge is 0.504 e. The summed E-state index contributed by atoms with van der Waals surface area (Å²) in [4.78, 5) is 9.86.